The fourth-order valence-corrected chi connectivity index (χ4v) is 4.12. The highest BCUT2D eigenvalue weighted by atomic mass is 79.9. The predicted octanol–water partition coefficient (Wildman–Crippen LogP) is 5.70. The van der Waals surface area contributed by atoms with Gasteiger partial charge in [0.05, 0.1) is 18.9 Å². The van der Waals surface area contributed by atoms with E-state index < -0.39 is 0 Å². The molecule has 0 bridgehead atoms. The van der Waals surface area contributed by atoms with Crippen LogP contribution in [0.2, 0.25) is 0 Å². The van der Waals surface area contributed by atoms with E-state index >= 15 is 0 Å². The minimum Gasteiger partial charge on any atom is -0.497 e. The van der Waals surface area contributed by atoms with E-state index in [1.165, 1.54) is 5.56 Å². The molecule has 3 aromatic rings. The fraction of sp³-hybridized carbons (Fsp3) is 0.174. The van der Waals surface area contributed by atoms with Gasteiger partial charge in [-0.25, -0.2) is 5.01 Å². The predicted molar refractivity (Wildman–Crippen MR) is 113 cm³/mol. The highest BCUT2D eigenvalue weighted by Crippen LogP contribution is 2.47. The summed E-state index contributed by atoms with van der Waals surface area (Å²) in [6, 6.07) is 24.7. The van der Waals surface area contributed by atoms with Crippen molar-refractivity contribution in [2.45, 2.75) is 18.7 Å². The van der Waals surface area contributed by atoms with Gasteiger partial charge < -0.3 is 9.47 Å². The van der Waals surface area contributed by atoms with E-state index in [1.54, 1.807) is 7.11 Å². The molecular formula is C23H19BrN2O2. The zero-order valence-electron chi connectivity index (χ0n) is 15.4. The van der Waals surface area contributed by atoms with Crippen molar-refractivity contribution >= 4 is 21.6 Å². The molecule has 28 heavy (non-hydrogen) atoms. The molecule has 0 radical (unpaired) electrons. The van der Waals surface area contributed by atoms with Gasteiger partial charge in [0.1, 0.15) is 11.5 Å². The van der Waals surface area contributed by atoms with Crippen LogP contribution in [0.25, 0.3) is 0 Å². The number of nitrogens with zero attached hydrogens (tertiary/aromatic N) is 2. The molecule has 2 aliphatic rings. The lowest BCUT2D eigenvalue weighted by Crippen LogP contribution is -2.33. The Balaban J connectivity index is 1.58. The van der Waals surface area contributed by atoms with Gasteiger partial charge in [-0.1, -0.05) is 58.4 Å². The van der Waals surface area contributed by atoms with Gasteiger partial charge in [-0.3, -0.25) is 0 Å². The molecule has 0 aromatic heterocycles. The Morgan fingerprint density at radius 1 is 1.04 bits per heavy atom. The Bertz CT molecular complexity index is 1050. The second-order valence-corrected chi connectivity index (χ2v) is 7.85. The standard InChI is InChI=1S/C23H19BrN2O2/c1-27-18-6-4-5-16(13-18)20-14-21-19-7-2-3-8-22(19)28-23(26(21)25-20)15-9-11-17(24)12-10-15/h2-13,21,23H,14H2,1H3. The minimum atomic E-state index is -0.254. The molecule has 0 saturated carbocycles. The van der Waals surface area contributed by atoms with Gasteiger partial charge in [0, 0.05) is 27.6 Å². The third kappa shape index (κ3) is 2.96. The van der Waals surface area contributed by atoms with E-state index in [-0.39, 0.29) is 12.3 Å². The Hall–Kier alpha value is -2.79. The first-order valence-corrected chi connectivity index (χ1v) is 10.0. The molecule has 5 rings (SSSR count). The molecule has 0 aliphatic carbocycles. The number of benzene rings is 3. The first-order valence-electron chi connectivity index (χ1n) is 9.24. The van der Waals surface area contributed by atoms with E-state index in [1.807, 2.05) is 42.5 Å². The van der Waals surface area contributed by atoms with Gasteiger partial charge in [0.2, 0.25) is 6.23 Å². The van der Waals surface area contributed by atoms with Crippen LogP contribution in [0.3, 0.4) is 0 Å². The summed E-state index contributed by atoms with van der Waals surface area (Å²) in [5.74, 6) is 1.77. The van der Waals surface area contributed by atoms with Crippen LogP contribution in [0, 0.1) is 0 Å². The average molecular weight is 435 g/mol. The maximum Gasteiger partial charge on any atom is 0.213 e. The van der Waals surface area contributed by atoms with Gasteiger partial charge in [-0.05, 0) is 30.3 Å². The summed E-state index contributed by atoms with van der Waals surface area (Å²) < 4.78 is 12.8. The van der Waals surface area contributed by atoms with Crippen molar-refractivity contribution < 1.29 is 9.47 Å². The number of halogens is 1. The smallest absolute Gasteiger partial charge is 0.213 e. The van der Waals surface area contributed by atoms with Crippen molar-refractivity contribution in [3.8, 4) is 11.5 Å². The quantitative estimate of drug-likeness (QED) is 0.529. The number of ether oxygens (including phenoxy) is 2. The largest absolute Gasteiger partial charge is 0.497 e. The maximum absolute atomic E-state index is 6.38. The van der Waals surface area contributed by atoms with Crippen LogP contribution in [-0.4, -0.2) is 17.8 Å². The van der Waals surface area contributed by atoms with Crippen LogP contribution < -0.4 is 9.47 Å². The molecule has 2 aliphatic heterocycles. The van der Waals surface area contributed by atoms with E-state index in [4.69, 9.17) is 14.6 Å². The highest BCUT2D eigenvalue weighted by Gasteiger charge is 2.40. The molecule has 0 N–H and O–H groups in total. The number of methoxy groups -OCH3 is 1. The van der Waals surface area contributed by atoms with Crippen molar-refractivity contribution in [1.82, 2.24) is 5.01 Å². The summed E-state index contributed by atoms with van der Waals surface area (Å²) in [6.45, 7) is 0. The Kier molecular flexibility index (Phi) is 4.32. The van der Waals surface area contributed by atoms with Crippen molar-refractivity contribution in [3.63, 3.8) is 0 Å². The molecule has 0 spiro atoms. The molecule has 140 valence electrons. The van der Waals surface area contributed by atoms with Gasteiger partial charge in [0.25, 0.3) is 0 Å². The van der Waals surface area contributed by atoms with Crippen LogP contribution in [0.15, 0.2) is 82.4 Å². The molecule has 3 aromatic carbocycles. The molecule has 0 amide bonds. The van der Waals surface area contributed by atoms with Crippen LogP contribution >= 0.6 is 15.9 Å². The molecular weight excluding hydrogens is 416 g/mol. The number of hydrazone groups is 1. The number of para-hydroxylation sites is 1. The average Bonchev–Trinajstić information content (AvgIpc) is 3.20. The monoisotopic (exact) mass is 434 g/mol. The molecule has 2 unspecified atom stereocenters. The molecule has 5 heteroatoms. The summed E-state index contributed by atoms with van der Waals surface area (Å²) in [4.78, 5) is 0. The number of fused-ring (bicyclic) bond motifs is 3. The zero-order valence-corrected chi connectivity index (χ0v) is 17.0. The SMILES string of the molecule is COc1cccc(C2=NN3C(C2)c2ccccc2OC3c2ccc(Br)cc2)c1. The molecule has 2 atom stereocenters. The lowest BCUT2D eigenvalue weighted by molar-refractivity contribution is -0.0190. The maximum atomic E-state index is 6.38. The highest BCUT2D eigenvalue weighted by molar-refractivity contribution is 9.10. The Labute approximate surface area is 172 Å². The molecule has 0 saturated heterocycles. The van der Waals surface area contributed by atoms with Crippen LogP contribution in [0.1, 0.15) is 35.4 Å². The van der Waals surface area contributed by atoms with Crippen molar-refractivity contribution in [2.24, 2.45) is 5.10 Å². The van der Waals surface area contributed by atoms with Gasteiger partial charge in [-0.15, -0.1) is 0 Å². The van der Waals surface area contributed by atoms with E-state index in [0.717, 1.165) is 39.2 Å². The lowest BCUT2D eigenvalue weighted by Gasteiger charge is -2.38. The first-order chi connectivity index (χ1) is 13.7. The summed E-state index contributed by atoms with van der Waals surface area (Å²) in [5.41, 5.74) is 4.39. The number of rotatable bonds is 3. The van der Waals surface area contributed by atoms with Crippen molar-refractivity contribution in [1.29, 1.82) is 0 Å². The third-order valence-electron chi connectivity index (χ3n) is 5.26. The van der Waals surface area contributed by atoms with Crippen molar-refractivity contribution in [3.05, 3.63) is 94.0 Å². The summed E-state index contributed by atoms with van der Waals surface area (Å²) in [5, 5.41) is 7.09. The number of hydrogen-bond acceptors (Lipinski definition) is 4. The Morgan fingerprint density at radius 2 is 1.86 bits per heavy atom. The van der Waals surface area contributed by atoms with E-state index in [0.29, 0.717) is 0 Å². The fourth-order valence-electron chi connectivity index (χ4n) is 3.86. The molecule has 4 nitrogen and oxygen atoms in total. The van der Waals surface area contributed by atoms with Gasteiger partial charge in [0.15, 0.2) is 0 Å². The summed E-state index contributed by atoms with van der Waals surface area (Å²) >= 11 is 3.51. The van der Waals surface area contributed by atoms with E-state index in [2.05, 4.69) is 51.3 Å². The summed E-state index contributed by atoms with van der Waals surface area (Å²) in [7, 11) is 1.69. The molecule has 0 fully saturated rings. The van der Waals surface area contributed by atoms with Crippen molar-refractivity contribution in [2.75, 3.05) is 7.11 Å². The normalized spacial score (nSPS) is 20.1. The lowest BCUT2D eigenvalue weighted by atomic mass is 9.96. The second kappa shape index (κ2) is 6.99. The number of hydrogen-bond donors (Lipinski definition) is 0. The zero-order chi connectivity index (χ0) is 19.1. The van der Waals surface area contributed by atoms with Crippen LogP contribution in [0.4, 0.5) is 0 Å². The second-order valence-electron chi connectivity index (χ2n) is 6.94. The first kappa shape index (κ1) is 17.3. The Morgan fingerprint density at radius 3 is 2.68 bits per heavy atom. The van der Waals surface area contributed by atoms with Gasteiger partial charge in [-0.2, -0.15) is 5.10 Å². The summed E-state index contributed by atoms with van der Waals surface area (Å²) in [6.07, 6.45) is 0.580. The van der Waals surface area contributed by atoms with Gasteiger partial charge >= 0.3 is 0 Å². The third-order valence-corrected chi connectivity index (χ3v) is 5.79. The van der Waals surface area contributed by atoms with Crippen LogP contribution in [-0.2, 0) is 0 Å². The van der Waals surface area contributed by atoms with E-state index in [9.17, 15) is 0 Å². The minimum absolute atomic E-state index is 0.153. The topological polar surface area (TPSA) is 34.1 Å². The van der Waals surface area contributed by atoms with Crippen LogP contribution in [0.5, 0.6) is 11.5 Å². The molecule has 2 heterocycles.